The third-order valence-corrected chi connectivity index (χ3v) is 4.72. The number of carbonyl (C=O) groups excluding carboxylic acids is 1. The summed E-state index contributed by atoms with van der Waals surface area (Å²) in [6, 6.07) is 2.51. The van der Waals surface area contributed by atoms with Crippen LogP contribution in [-0.4, -0.2) is 61.1 Å². The SMILES string of the molecule is CS(=O)(=O)N1CCCN(C(=O)NCc2ccc(F)cn2)CC1. The van der Waals surface area contributed by atoms with Gasteiger partial charge >= 0.3 is 6.03 Å². The van der Waals surface area contributed by atoms with Crippen LogP contribution in [0.4, 0.5) is 9.18 Å². The van der Waals surface area contributed by atoms with Gasteiger partial charge in [-0.3, -0.25) is 4.98 Å². The van der Waals surface area contributed by atoms with Gasteiger partial charge in [0, 0.05) is 26.2 Å². The van der Waals surface area contributed by atoms with Crippen LogP contribution in [-0.2, 0) is 16.6 Å². The number of amides is 2. The Kier molecular flexibility index (Phi) is 5.30. The Morgan fingerprint density at radius 1 is 1.32 bits per heavy atom. The predicted molar refractivity (Wildman–Crippen MR) is 79.0 cm³/mol. The van der Waals surface area contributed by atoms with E-state index in [1.165, 1.54) is 22.7 Å². The monoisotopic (exact) mass is 330 g/mol. The molecule has 1 N–H and O–H groups in total. The van der Waals surface area contributed by atoms with Gasteiger partial charge in [-0.2, -0.15) is 0 Å². The Hall–Kier alpha value is -1.74. The first-order valence-corrected chi connectivity index (χ1v) is 8.79. The highest BCUT2D eigenvalue weighted by Crippen LogP contribution is 2.07. The molecule has 1 saturated heterocycles. The summed E-state index contributed by atoms with van der Waals surface area (Å²) in [4.78, 5) is 17.5. The van der Waals surface area contributed by atoms with Crippen molar-refractivity contribution < 1.29 is 17.6 Å². The average Bonchev–Trinajstić information content (AvgIpc) is 2.72. The number of hydrogen-bond donors (Lipinski definition) is 1. The van der Waals surface area contributed by atoms with Crippen molar-refractivity contribution in [1.82, 2.24) is 19.5 Å². The molecule has 0 unspecified atom stereocenters. The molecule has 0 aromatic carbocycles. The highest BCUT2D eigenvalue weighted by molar-refractivity contribution is 7.88. The maximum absolute atomic E-state index is 12.7. The zero-order valence-electron chi connectivity index (χ0n) is 12.3. The van der Waals surface area contributed by atoms with Gasteiger partial charge < -0.3 is 10.2 Å². The van der Waals surface area contributed by atoms with E-state index in [9.17, 15) is 17.6 Å². The number of halogens is 1. The molecule has 0 radical (unpaired) electrons. The molecular weight excluding hydrogens is 311 g/mol. The van der Waals surface area contributed by atoms with Gasteiger partial charge in [0.05, 0.1) is 24.7 Å². The van der Waals surface area contributed by atoms with Crippen LogP contribution in [0.3, 0.4) is 0 Å². The second kappa shape index (κ2) is 7.01. The standard InChI is InChI=1S/C13H19FN4O3S/c1-22(20,21)18-6-2-5-17(7-8-18)13(19)16-10-12-4-3-11(14)9-15-12/h3-4,9H,2,5-8,10H2,1H3,(H,16,19). The molecule has 9 heteroatoms. The molecule has 1 aliphatic heterocycles. The van der Waals surface area contributed by atoms with Crippen molar-refractivity contribution in [3.05, 3.63) is 29.8 Å². The zero-order valence-corrected chi connectivity index (χ0v) is 13.1. The van der Waals surface area contributed by atoms with Crippen LogP contribution < -0.4 is 5.32 Å². The minimum absolute atomic E-state index is 0.200. The molecule has 2 heterocycles. The summed E-state index contributed by atoms with van der Waals surface area (Å²) in [6.45, 7) is 1.75. The molecule has 0 atom stereocenters. The summed E-state index contributed by atoms with van der Waals surface area (Å²) >= 11 is 0. The lowest BCUT2D eigenvalue weighted by molar-refractivity contribution is 0.200. The minimum atomic E-state index is -3.23. The molecule has 122 valence electrons. The van der Waals surface area contributed by atoms with Crippen LogP contribution in [0.2, 0.25) is 0 Å². The molecule has 0 spiro atoms. The Balaban J connectivity index is 1.86. The van der Waals surface area contributed by atoms with E-state index in [-0.39, 0.29) is 12.6 Å². The highest BCUT2D eigenvalue weighted by Gasteiger charge is 2.23. The van der Waals surface area contributed by atoms with E-state index in [4.69, 9.17) is 0 Å². The van der Waals surface area contributed by atoms with Gasteiger partial charge in [0.15, 0.2) is 0 Å². The quantitative estimate of drug-likeness (QED) is 0.869. The van der Waals surface area contributed by atoms with Crippen LogP contribution in [0.15, 0.2) is 18.3 Å². The van der Waals surface area contributed by atoms with E-state index in [1.807, 2.05) is 0 Å². The van der Waals surface area contributed by atoms with Crippen molar-refractivity contribution in [1.29, 1.82) is 0 Å². The van der Waals surface area contributed by atoms with Gasteiger partial charge in [-0.25, -0.2) is 21.9 Å². The third kappa shape index (κ3) is 4.63. The molecule has 1 fully saturated rings. The van der Waals surface area contributed by atoms with Crippen LogP contribution in [0.1, 0.15) is 12.1 Å². The number of aromatic nitrogens is 1. The summed E-state index contributed by atoms with van der Waals surface area (Å²) in [6.07, 6.45) is 2.86. The number of pyridine rings is 1. The normalized spacial score (nSPS) is 17.1. The molecule has 0 saturated carbocycles. The van der Waals surface area contributed by atoms with Gasteiger partial charge in [0.1, 0.15) is 5.82 Å². The molecule has 22 heavy (non-hydrogen) atoms. The summed E-state index contributed by atoms with van der Waals surface area (Å²) in [5, 5.41) is 2.70. The average molecular weight is 330 g/mol. The number of rotatable bonds is 3. The number of sulfonamides is 1. The zero-order chi connectivity index (χ0) is 16.2. The molecule has 1 aromatic rings. The smallest absolute Gasteiger partial charge is 0.317 e. The lowest BCUT2D eigenvalue weighted by atomic mass is 10.3. The molecule has 2 amide bonds. The number of carbonyl (C=O) groups is 1. The molecular formula is C13H19FN4O3S. The Morgan fingerprint density at radius 3 is 2.73 bits per heavy atom. The van der Waals surface area contributed by atoms with Gasteiger partial charge in [-0.1, -0.05) is 0 Å². The number of urea groups is 1. The van der Waals surface area contributed by atoms with E-state index in [2.05, 4.69) is 10.3 Å². The van der Waals surface area contributed by atoms with Gasteiger partial charge in [0.2, 0.25) is 10.0 Å². The maximum atomic E-state index is 12.7. The second-order valence-corrected chi connectivity index (χ2v) is 7.11. The summed E-state index contributed by atoms with van der Waals surface area (Å²) in [5.74, 6) is -0.427. The maximum Gasteiger partial charge on any atom is 0.317 e. The molecule has 2 rings (SSSR count). The van der Waals surface area contributed by atoms with Crippen molar-refractivity contribution in [2.75, 3.05) is 32.4 Å². The fourth-order valence-corrected chi connectivity index (χ4v) is 3.09. The van der Waals surface area contributed by atoms with Crippen LogP contribution in [0.5, 0.6) is 0 Å². The first kappa shape index (κ1) is 16.6. The molecule has 0 bridgehead atoms. The highest BCUT2D eigenvalue weighted by atomic mass is 32.2. The molecule has 0 aliphatic carbocycles. The van der Waals surface area contributed by atoms with Crippen molar-refractivity contribution in [3.8, 4) is 0 Å². The van der Waals surface area contributed by atoms with Crippen molar-refractivity contribution in [2.45, 2.75) is 13.0 Å². The lowest BCUT2D eigenvalue weighted by Gasteiger charge is -2.21. The van der Waals surface area contributed by atoms with Gasteiger partial charge in [-0.15, -0.1) is 0 Å². The summed E-state index contributed by atoms with van der Waals surface area (Å²) in [5.41, 5.74) is 0.558. The fourth-order valence-electron chi connectivity index (χ4n) is 2.22. The van der Waals surface area contributed by atoms with Crippen LogP contribution in [0, 0.1) is 5.82 Å². The first-order chi connectivity index (χ1) is 10.4. The Bertz CT molecular complexity index is 621. The number of nitrogens with one attached hydrogen (secondary N) is 1. The van der Waals surface area contributed by atoms with E-state index in [1.54, 1.807) is 4.90 Å². The topological polar surface area (TPSA) is 82.6 Å². The molecule has 1 aliphatic rings. The Morgan fingerprint density at radius 2 is 2.09 bits per heavy atom. The summed E-state index contributed by atoms with van der Waals surface area (Å²) in [7, 11) is -3.23. The first-order valence-electron chi connectivity index (χ1n) is 6.94. The van der Waals surface area contributed by atoms with Crippen molar-refractivity contribution in [2.24, 2.45) is 0 Å². The third-order valence-electron chi connectivity index (χ3n) is 3.42. The van der Waals surface area contributed by atoms with Crippen molar-refractivity contribution >= 4 is 16.1 Å². The van der Waals surface area contributed by atoms with E-state index < -0.39 is 15.8 Å². The number of hydrogen-bond acceptors (Lipinski definition) is 4. The number of nitrogens with zero attached hydrogens (tertiary/aromatic N) is 3. The predicted octanol–water partition coefficient (Wildman–Crippen LogP) is 0.398. The minimum Gasteiger partial charge on any atom is -0.332 e. The second-order valence-electron chi connectivity index (χ2n) is 5.13. The largest absolute Gasteiger partial charge is 0.332 e. The van der Waals surface area contributed by atoms with E-state index >= 15 is 0 Å². The fraction of sp³-hybridized carbons (Fsp3) is 0.538. The van der Waals surface area contributed by atoms with E-state index in [0.29, 0.717) is 38.3 Å². The van der Waals surface area contributed by atoms with Crippen LogP contribution in [0.25, 0.3) is 0 Å². The van der Waals surface area contributed by atoms with Gasteiger partial charge in [0.25, 0.3) is 0 Å². The van der Waals surface area contributed by atoms with Gasteiger partial charge in [-0.05, 0) is 18.6 Å². The van der Waals surface area contributed by atoms with E-state index in [0.717, 1.165) is 6.20 Å². The summed E-state index contributed by atoms with van der Waals surface area (Å²) < 4.78 is 37.2. The van der Waals surface area contributed by atoms with Crippen molar-refractivity contribution in [3.63, 3.8) is 0 Å². The Labute approximate surface area is 129 Å². The molecule has 1 aromatic heterocycles. The van der Waals surface area contributed by atoms with Crippen LogP contribution >= 0.6 is 0 Å². The lowest BCUT2D eigenvalue weighted by Crippen LogP contribution is -2.42. The molecule has 7 nitrogen and oxygen atoms in total.